The number of nitrogens with zero attached hydrogens (tertiary/aromatic N) is 1. The number of rotatable bonds is 4. The van der Waals surface area contributed by atoms with Crippen molar-refractivity contribution in [3.8, 4) is 0 Å². The van der Waals surface area contributed by atoms with Gasteiger partial charge in [0.15, 0.2) is 0 Å². The quantitative estimate of drug-likeness (QED) is 0.765. The number of sulfonamides is 1. The summed E-state index contributed by atoms with van der Waals surface area (Å²) in [6, 6.07) is 0. The SMILES string of the molecule is Cc1n[nH]c(C)c1S(=O)(=O)NCC1CCCCC1O. The van der Waals surface area contributed by atoms with E-state index in [0.29, 0.717) is 11.4 Å². The van der Waals surface area contributed by atoms with Gasteiger partial charge in [0.05, 0.1) is 17.5 Å². The molecule has 1 aliphatic rings. The highest BCUT2D eigenvalue weighted by Gasteiger charge is 2.27. The fourth-order valence-corrected chi connectivity index (χ4v) is 4.11. The molecule has 1 heterocycles. The van der Waals surface area contributed by atoms with Crippen LogP contribution in [0.4, 0.5) is 0 Å². The molecule has 2 unspecified atom stereocenters. The number of aryl methyl sites for hydroxylation is 2. The molecule has 1 aliphatic carbocycles. The minimum atomic E-state index is -3.56. The summed E-state index contributed by atoms with van der Waals surface area (Å²) in [5.74, 6) is 0.0102. The lowest BCUT2D eigenvalue weighted by molar-refractivity contribution is 0.0724. The molecule has 1 fully saturated rings. The number of aromatic amines is 1. The van der Waals surface area contributed by atoms with Gasteiger partial charge in [0, 0.05) is 6.54 Å². The molecule has 1 aromatic rings. The molecule has 1 saturated carbocycles. The van der Waals surface area contributed by atoms with Crippen LogP contribution in [0.5, 0.6) is 0 Å². The molecule has 0 aliphatic heterocycles. The second kappa shape index (κ2) is 5.60. The molecule has 2 atom stereocenters. The van der Waals surface area contributed by atoms with Crippen molar-refractivity contribution in [2.24, 2.45) is 5.92 Å². The zero-order valence-electron chi connectivity index (χ0n) is 11.3. The van der Waals surface area contributed by atoms with Crippen LogP contribution in [0.1, 0.15) is 37.1 Å². The molecule has 7 heteroatoms. The molecule has 3 N–H and O–H groups in total. The summed E-state index contributed by atoms with van der Waals surface area (Å²) in [6.07, 6.45) is 3.30. The molecule has 108 valence electrons. The molecule has 0 amide bonds. The smallest absolute Gasteiger partial charge is 0.244 e. The van der Waals surface area contributed by atoms with Crippen molar-refractivity contribution in [3.63, 3.8) is 0 Å². The highest BCUT2D eigenvalue weighted by Crippen LogP contribution is 2.24. The van der Waals surface area contributed by atoms with Crippen LogP contribution in [-0.4, -0.2) is 36.4 Å². The van der Waals surface area contributed by atoms with Crippen molar-refractivity contribution in [1.82, 2.24) is 14.9 Å². The Labute approximate surface area is 113 Å². The van der Waals surface area contributed by atoms with Gasteiger partial charge in [-0.25, -0.2) is 13.1 Å². The van der Waals surface area contributed by atoms with E-state index < -0.39 is 16.1 Å². The molecule has 1 aromatic heterocycles. The lowest BCUT2D eigenvalue weighted by Crippen LogP contribution is -2.36. The van der Waals surface area contributed by atoms with E-state index in [0.717, 1.165) is 25.7 Å². The van der Waals surface area contributed by atoms with E-state index in [4.69, 9.17) is 0 Å². The average Bonchev–Trinajstić information content (AvgIpc) is 2.69. The highest BCUT2D eigenvalue weighted by atomic mass is 32.2. The van der Waals surface area contributed by atoms with Gasteiger partial charge in [-0.1, -0.05) is 12.8 Å². The van der Waals surface area contributed by atoms with E-state index in [1.807, 2.05) is 0 Å². The van der Waals surface area contributed by atoms with E-state index in [-0.39, 0.29) is 17.4 Å². The van der Waals surface area contributed by atoms with Crippen molar-refractivity contribution in [2.45, 2.75) is 50.5 Å². The summed E-state index contributed by atoms with van der Waals surface area (Å²) in [6.45, 7) is 3.63. The second-order valence-electron chi connectivity index (χ2n) is 5.23. The fraction of sp³-hybridized carbons (Fsp3) is 0.750. The lowest BCUT2D eigenvalue weighted by Gasteiger charge is -2.27. The number of aliphatic hydroxyl groups excluding tert-OH is 1. The molecule has 0 bridgehead atoms. The second-order valence-corrected chi connectivity index (χ2v) is 6.93. The van der Waals surface area contributed by atoms with Gasteiger partial charge in [0.2, 0.25) is 10.0 Å². The van der Waals surface area contributed by atoms with Crippen molar-refractivity contribution in [3.05, 3.63) is 11.4 Å². The average molecular weight is 287 g/mol. The minimum absolute atomic E-state index is 0.0102. The van der Waals surface area contributed by atoms with Crippen LogP contribution in [0.15, 0.2) is 4.90 Å². The van der Waals surface area contributed by atoms with Gasteiger partial charge in [-0.3, -0.25) is 5.10 Å². The predicted molar refractivity (Wildman–Crippen MR) is 71.2 cm³/mol. The normalized spacial score (nSPS) is 24.6. The molecule has 0 saturated heterocycles. The van der Waals surface area contributed by atoms with Crippen LogP contribution in [0.2, 0.25) is 0 Å². The summed E-state index contributed by atoms with van der Waals surface area (Å²) in [7, 11) is -3.56. The molecular weight excluding hydrogens is 266 g/mol. The van der Waals surface area contributed by atoms with Gasteiger partial charge < -0.3 is 5.11 Å². The summed E-state index contributed by atoms with van der Waals surface area (Å²) < 4.78 is 27.1. The van der Waals surface area contributed by atoms with E-state index in [2.05, 4.69) is 14.9 Å². The number of hydrogen-bond acceptors (Lipinski definition) is 4. The first kappa shape index (κ1) is 14.5. The van der Waals surface area contributed by atoms with Crippen molar-refractivity contribution < 1.29 is 13.5 Å². The molecule has 2 rings (SSSR count). The third kappa shape index (κ3) is 3.16. The zero-order valence-corrected chi connectivity index (χ0v) is 12.1. The Morgan fingerprint density at radius 1 is 1.37 bits per heavy atom. The van der Waals surface area contributed by atoms with E-state index >= 15 is 0 Å². The van der Waals surface area contributed by atoms with Gasteiger partial charge in [0.25, 0.3) is 0 Å². The first-order chi connectivity index (χ1) is 8.92. The maximum atomic E-state index is 12.2. The molecule has 0 radical (unpaired) electrons. The van der Waals surface area contributed by atoms with Crippen LogP contribution < -0.4 is 4.72 Å². The summed E-state index contributed by atoms with van der Waals surface area (Å²) >= 11 is 0. The van der Waals surface area contributed by atoms with E-state index in [9.17, 15) is 13.5 Å². The Morgan fingerprint density at radius 2 is 2.05 bits per heavy atom. The van der Waals surface area contributed by atoms with Crippen molar-refractivity contribution in [1.29, 1.82) is 0 Å². The summed E-state index contributed by atoms with van der Waals surface area (Å²) in [4.78, 5) is 0.220. The Bertz CT molecular complexity index is 519. The largest absolute Gasteiger partial charge is 0.393 e. The lowest BCUT2D eigenvalue weighted by atomic mass is 9.87. The van der Waals surface area contributed by atoms with Crippen LogP contribution in [0, 0.1) is 19.8 Å². The van der Waals surface area contributed by atoms with Gasteiger partial charge >= 0.3 is 0 Å². The van der Waals surface area contributed by atoms with Crippen LogP contribution in [-0.2, 0) is 10.0 Å². The summed E-state index contributed by atoms with van der Waals surface area (Å²) in [5.41, 5.74) is 1.00. The maximum Gasteiger partial charge on any atom is 0.244 e. The number of nitrogens with one attached hydrogen (secondary N) is 2. The van der Waals surface area contributed by atoms with Crippen LogP contribution >= 0.6 is 0 Å². The Hall–Kier alpha value is -0.920. The minimum Gasteiger partial charge on any atom is -0.393 e. The van der Waals surface area contributed by atoms with Gasteiger partial charge in [-0.2, -0.15) is 5.10 Å². The monoisotopic (exact) mass is 287 g/mol. The van der Waals surface area contributed by atoms with E-state index in [1.54, 1.807) is 13.8 Å². The molecule has 0 spiro atoms. The predicted octanol–water partition coefficient (Wildman–Crippen LogP) is 0.856. The Balaban J connectivity index is 2.06. The molecule has 0 aromatic carbocycles. The number of aliphatic hydroxyl groups is 1. The highest BCUT2D eigenvalue weighted by molar-refractivity contribution is 7.89. The fourth-order valence-electron chi connectivity index (χ4n) is 2.65. The topological polar surface area (TPSA) is 95.1 Å². The third-order valence-corrected chi connectivity index (χ3v) is 5.42. The van der Waals surface area contributed by atoms with Crippen LogP contribution in [0.3, 0.4) is 0 Å². The summed E-state index contributed by atoms with van der Waals surface area (Å²) in [5, 5.41) is 16.4. The van der Waals surface area contributed by atoms with Crippen molar-refractivity contribution >= 4 is 10.0 Å². The molecule has 6 nitrogen and oxygen atoms in total. The number of H-pyrrole nitrogens is 1. The van der Waals surface area contributed by atoms with E-state index in [1.165, 1.54) is 0 Å². The zero-order chi connectivity index (χ0) is 14.0. The first-order valence-electron chi connectivity index (χ1n) is 6.61. The third-order valence-electron chi connectivity index (χ3n) is 3.73. The standard InChI is InChI=1S/C12H21N3O3S/c1-8-12(9(2)15-14-8)19(17,18)13-7-10-5-3-4-6-11(10)16/h10-11,13,16H,3-7H2,1-2H3,(H,14,15). The number of hydrogen-bond donors (Lipinski definition) is 3. The van der Waals surface area contributed by atoms with Crippen LogP contribution in [0.25, 0.3) is 0 Å². The number of aromatic nitrogens is 2. The van der Waals surface area contributed by atoms with Gasteiger partial charge in [-0.15, -0.1) is 0 Å². The Kier molecular flexibility index (Phi) is 4.27. The molecular formula is C12H21N3O3S. The van der Waals surface area contributed by atoms with Crippen molar-refractivity contribution in [2.75, 3.05) is 6.54 Å². The maximum absolute atomic E-state index is 12.2. The van der Waals surface area contributed by atoms with Gasteiger partial charge in [-0.05, 0) is 32.6 Å². The first-order valence-corrected chi connectivity index (χ1v) is 8.09. The molecule has 19 heavy (non-hydrogen) atoms. The van der Waals surface area contributed by atoms with Gasteiger partial charge in [0.1, 0.15) is 4.90 Å². The Morgan fingerprint density at radius 3 is 2.63 bits per heavy atom.